The summed E-state index contributed by atoms with van der Waals surface area (Å²) in [7, 11) is 1.27. The van der Waals surface area contributed by atoms with Crippen molar-refractivity contribution in [2.75, 3.05) is 31.7 Å². The van der Waals surface area contributed by atoms with Crippen LogP contribution in [-0.2, 0) is 19.2 Å². The molecule has 2 aliphatic heterocycles. The van der Waals surface area contributed by atoms with Gasteiger partial charge in [0.2, 0.25) is 5.91 Å². The predicted molar refractivity (Wildman–Crippen MR) is 97.1 cm³/mol. The maximum Gasteiger partial charge on any atom is 0.314 e. The minimum atomic E-state index is -1.40. The number of nitrogen functional groups attached to an aromatic ring is 1. The van der Waals surface area contributed by atoms with Gasteiger partial charge in [-0.05, 0) is 0 Å². The molecule has 27 heavy (non-hydrogen) atoms. The highest BCUT2D eigenvalue weighted by molar-refractivity contribution is 8.00. The average molecular weight is 415 g/mol. The van der Waals surface area contributed by atoms with Gasteiger partial charge in [0, 0.05) is 17.7 Å². The summed E-state index contributed by atoms with van der Waals surface area (Å²) in [5.41, 5.74) is 4.28. The van der Waals surface area contributed by atoms with Crippen LogP contribution in [0.3, 0.4) is 0 Å². The molecule has 11 nitrogen and oxygen atoms in total. The topological polar surface area (TPSA) is 167 Å². The fraction of sp³-hybridized carbons (Fsp3) is 0.500. The third-order valence-corrected chi connectivity index (χ3v) is 6.61. The maximum absolute atomic E-state index is 12.5. The summed E-state index contributed by atoms with van der Waals surface area (Å²) in [6.45, 7) is -0.678. The van der Waals surface area contributed by atoms with E-state index in [0.717, 1.165) is 11.3 Å². The number of hydrogen-bond donors (Lipinski definition) is 4. The van der Waals surface area contributed by atoms with Crippen LogP contribution >= 0.6 is 23.1 Å². The van der Waals surface area contributed by atoms with Crippen molar-refractivity contribution in [2.45, 2.75) is 11.4 Å². The van der Waals surface area contributed by atoms with E-state index in [1.807, 2.05) is 0 Å². The van der Waals surface area contributed by atoms with E-state index in [9.17, 15) is 24.6 Å². The number of thiazole rings is 1. The first-order valence-electron chi connectivity index (χ1n) is 7.72. The van der Waals surface area contributed by atoms with Gasteiger partial charge in [0.25, 0.3) is 5.91 Å². The third-order valence-electron chi connectivity index (χ3n) is 4.35. The molecule has 5 N–H and O–H groups in total. The molecule has 3 atom stereocenters. The largest absolute Gasteiger partial charge is 0.481 e. The first-order chi connectivity index (χ1) is 12.8. The number of β-lactam (4-membered cyclic amide) rings is 1. The number of nitrogens with one attached hydrogen (secondary N) is 1. The minimum Gasteiger partial charge on any atom is -0.481 e. The Morgan fingerprint density at radius 2 is 2.33 bits per heavy atom. The lowest BCUT2D eigenvalue weighted by Crippen LogP contribution is -2.74. The van der Waals surface area contributed by atoms with Gasteiger partial charge in [-0.2, -0.15) is 0 Å². The summed E-state index contributed by atoms with van der Waals surface area (Å²) >= 11 is 2.33. The number of rotatable bonds is 6. The Morgan fingerprint density at radius 1 is 1.59 bits per heavy atom. The molecule has 1 aromatic heterocycles. The molecule has 0 aromatic carbocycles. The summed E-state index contributed by atoms with van der Waals surface area (Å²) in [6.07, 6.45) is 0. The Morgan fingerprint density at radius 3 is 2.89 bits per heavy atom. The molecule has 2 unspecified atom stereocenters. The zero-order chi connectivity index (χ0) is 19.8. The number of nitrogens with two attached hydrogens (primary N) is 1. The number of amides is 2. The van der Waals surface area contributed by atoms with Gasteiger partial charge in [-0.15, -0.1) is 23.1 Å². The van der Waals surface area contributed by atoms with Crippen LogP contribution in [0, 0.1) is 5.41 Å². The van der Waals surface area contributed by atoms with Gasteiger partial charge in [-0.25, -0.2) is 4.98 Å². The van der Waals surface area contributed by atoms with Gasteiger partial charge >= 0.3 is 5.97 Å². The number of carboxylic acids is 1. The van der Waals surface area contributed by atoms with E-state index in [1.54, 1.807) is 5.38 Å². The van der Waals surface area contributed by atoms with Gasteiger partial charge in [0.05, 0.1) is 6.61 Å². The standard InChI is InChI=1S/C14H17N5O6S2/c1-25-18-7(6-2-26-13(15)16-6)9(21)17-8-10(22)19-3-14(4-20,12(23)24)5-27-11(8)19/h2,8,11,20H,3-5H2,1H3,(H2,15,16)(H,17,21)(H,23,24)/t8?,11-,14?/m1/s1. The third kappa shape index (κ3) is 3.33. The molecule has 2 aliphatic rings. The van der Waals surface area contributed by atoms with Gasteiger partial charge in [0.1, 0.15) is 29.6 Å². The lowest BCUT2D eigenvalue weighted by atomic mass is 9.88. The molecule has 2 saturated heterocycles. The van der Waals surface area contributed by atoms with Crippen molar-refractivity contribution in [3.05, 3.63) is 11.1 Å². The number of aliphatic carboxylic acids is 1. The molecular weight excluding hydrogens is 398 g/mol. The summed E-state index contributed by atoms with van der Waals surface area (Å²) in [5, 5.41) is 26.4. The molecule has 2 fully saturated rings. The maximum atomic E-state index is 12.5. The molecule has 3 rings (SSSR count). The normalized spacial score (nSPS) is 27.6. The fourth-order valence-corrected chi connectivity index (χ4v) is 4.90. The fourth-order valence-electron chi connectivity index (χ4n) is 2.82. The van der Waals surface area contributed by atoms with E-state index >= 15 is 0 Å². The van der Waals surface area contributed by atoms with E-state index in [1.165, 1.54) is 23.8 Å². The molecule has 2 amide bonds. The van der Waals surface area contributed by atoms with E-state index in [-0.39, 0.29) is 28.8 Å². The second kappa shape index (κ2) is 7.32. The van der Waals surface area contributed by atoms with Crippen molar-refractivity contribution in [1.29, 1.82) is 0 Å². The molecule has 0 saturated carbocycles. The van der Waals surface area contributed by atoms with E-state index < -0.39 is 41.2 Å². The van der Waals surface area contributed by atoms with Crippen molar-refractivity contribution in [1.82, 2.24) is 15.2 Å². The minimum absolute atomic E-state index is 0.108. The van der Waals surface area contributed by atoms with Gasteiger partial charge < -0.3 is 31.0 Å². The number of carbonyl (C=O) groups is 3. The summed E-state index contributed by atoms with van der Waals surface area (Å²) in [5.74, 6) is -2.11. The van der Waals surface area contributed by atoms with E-state index in [0.29, 0.717) is 0 Å². The zero-order valence-electron chi connectivity index (χ0n) is 14.1. The Bertz CT molecular complexity index is 814. The average Bonchev–Trinajstić information content (AvgIpc) is 3.08. The summed E-state index contributed by atoms with van der Waals surface area (Å²) in [4.78, 5) is 46.4. The highest BCUT2D eigenvalue weighted by Gasteiger charge is 2.57. The number of aliphatic hydroxyl groups excluding tert-OH is 1. The van der Waals surface area contributed by atoms with Crippen LogP contribution in [0.25, 0.3) is 0 Å². The van der Waals surface area contributed by atoms with Crippen molar-refractivity contribution in [3.63, 3.8) is 0 Å². The van der Waals surface area contributed by atoms with Gasteiger partial charge in [-0.1, -0.05) is 5.16 Å². The zero-order valence-corrected chi connectivity index (χ0v) is 15.7. The van der Waals surface area contributed by atoms with E-state index in [2.05, 4.69) is 20.3 Å². The SMILES string of the molecule is CON=C(C(=O)NC1C(=O)N2CC(CO)(C(=O)O)CS[C@H]12)c1csc(N)n1. The van der Waals surface area contributed by atoms with Gasteiger partial charge in [0.15, 0.2) is 10.8 Å². The van der Waals surface area contributed by atoms with Gasteiger partial charge in [-0.3, -0.25) is 14.4 Å². The van der Waals surface area contributed by atoms with Crippen LogP contribution < -0.4 is 11.1 Å². The number of nitrogens with zero attached hydrogens (tertiary/aromatic N) is 3. The van der Waals surface area contributed by atoms with Crippen LogP contribution in [-0.4, -0.2) is 81.0 Å². The molecule has 13 heteroatoms. The summed E-state index contributed by atoms with van der Waals surface area (Å²) in [6, 6.07) is -0.828. The lowest BCUT2D eigenvalue weighted by molar-refractivity contribution is -0.160. The molecule has 0 spiro atoms. The number of anilines is 1. The number of aliphatic hydroxyl groups is 1. The highest BCUT2D eigenvalue weighted by Crippen LogP contribution is 2.42. The van der Waals surface area contributed by atoms with Crippen LogP contribution in [0.5, 0.6) is 0 Å². The quantitative estimate of drug-likeness (QED) is 0.246. The second-order valence-corrected chi connectivity index (χ2v) is 8.05. The lowest BCUT2D eigenvalue weighted by Gasteiger charge is -2.53. The van der Waals surface area contributed by atoms with Crippen molar-refractivity contribution in [3.8, 4) is 0 Å². The Labute approximate surface area is 161 Å². The molecule has 0 radical (unpaired) electrons. The predicted octanol–water partition coefficient (Wildman–Crippen LogP) is -1.46. The molecule has 0 aliphatic carbocycles. The van der Waals surface area contributed by atoms with Crippen LogP contribution in [0.15, 0.2) is 10.5 Å². The number of thioether (sulfide) groups is 1. The number of aromatic nitrogens is 1. The number of hydrogen-bond acceptors (Lipinski definition) is 10. The molecule has 3 heterocycles. The Hall–Kier alpha value is -2.38. The first kappa shape index (κ1) is 19.4. The summed E-state index contributed by atoms with van der Waals surface area (Å²) < 4.78 is 0. The highest BCUT2D eigenvalue weighted by atomic mass is 32.2. The monoisotopic (exact) mass is 415 g/mol. The second-order valence-electron chi connectivity index (χ2n) is 6.06. The Balaban J connectivity index is 1.71. The van der Waals surface area contributed by atoms with Crippen molar-refractivity contribution >= 4 is 51.7 Å². The molecule has 1 aromatic rings. The number of oxime groups is 1. The van der Waals surface area contributed by atoms with E-state index in [4.69, 9.17) is 5.73 Å². The number of carboxylic acid groups (broad SMARTS) is 1. The molecular formula is C14H17N5O6S2. The number of carbonyl (C=O) groups excluding carboxylic acids is 2. The molecule has 0 bridgehead atoms. The first-order valence-corrected chi connectivity index (χ1v) is 9.65. The van der Waals surface area contributed by atoms with Crippen LogP contribution in [0.1, 0.15) is 5.69 Å². The van der Waals surface area contributed by atoms with Crippen molar-refractivity contribution in [2.24, 2.45) is 10.6 Å². The smallest absolute Gasteiger partial charge is 0.314 e. The Kier molecular flexibility index (Phi) is 5.26. The van der Waals surface area contributed by atoms with Crippen molar-refractivity contribution < 1.29 is 29.4 Å². The molecule has 146 valence electrons. The van der Waals surface area contributed by atoms with Crippen LogP contribution in [0.4, 0.5) is 5.13 Å². The van der Waals surface area contributed by atoms with Crippen LogP contribution in [0.2, 0.25) is 0 Å². The number of fused-ring (bicyclic) bond motifs is 1.